The number of amides is 1. The van der Waals surface area contributed by atoms with E-state index in [2.05, 4.69) is 30.3 Å². The molecule has 88 valence electrons. The van der Waals surface area contributed by atoms with Crippen molar-refractivity contribution in [3.05, 3.63) is 36.1 Å². The van der Waals surface area contributed by atoms with Crippen LogP contribution in [-0.4, -0.2) is 28.1 Å². The first-order valence-corrected chi connectivity index (χ1v) is 4.97. The van der Waals surface area contributed by atoms with E-state index in [-0.39, 0.29) is 11.6 Å². The van der Waals surface area contributed by atoms with Crippen molar-refractivity contribution in [1.29, 1.82) is 0 Å². The molecule has 0 fully saturated rings. The highest BCUT2D eigenvalue weighted by atomic mass is 16.5. The van der Waals surface area contributed by atoms with E-state index in [0.717, 1.165) is 0 Å². The monoisotopic (exact) mass is 233 g/mol. The van der Waals surface area contributed by atoms with Crippen molar-refractivity contribution in [3.63, 3.8) is 0 Å². The summed E-state index contributed by atoms with van der Waals surface area (Å²) < 4.78 is 4.65. The Morgan fingerprint density at radius 1 is 1.47 bits per heavy atom. The van der Waals surface area contributed by atoms with Crippen LogP contribution in [0.5, 0.6) is 0 Å². The molecule has 0 saturated heterocycles. The lowest BCUT2D eigenvalue weighted by molar-refractivity contribution is 0.0945. The van der Waals surface area contributed by atoms with Gasteiger partial charge in [0.1, 0.15) is 23.5 Å². The van der Waals surface area contributed by atoms with E-state index >= 15 is 0 Å². The Hall–Kier alpha value is -2.44. The molecular weight excluding hydrogens is 222 g/mol. The second-order valence-electron chi connectivity index (χ2n) is 3.21. The summed E-state index contributed by atoms with van der Waals surface area (Å²) in [5.41, 5.74) is 0.899. The molecule has 0 atom stereocenters. The van der Waals surface area contributed by atoms with E-state index in [9.17, 15) is 4.79 Å². The van der Waals surface area contributed by atoms with Crippen LogP contribution in [0.3, 0.4) is 0 Å². The standard InChI is InChI=1S/C10H11N5O2/c1-11-9-6-12-5-8(14-9)10(16)13-4-7-2-3-17-15-7/h2-3,5-6H,4H2,1H3,(H,11,14)(H,13,16). The predicted octanol–water partition coefficient (Wildman–Crippen LogP) is 0.436. The summed E-state index contributed by atoms with van der Waals surface area (Å²) in [5.74, 6) is 0.233. The van der Waals surface area contributed by atoms with Gasteiger partial charge in [-0.05, 0) is 0 Å². The first kappa shape index (κ1) is 11.1. The third-order valence-corrected chi connectivity index (χ3v) is 2.04. The van der Waals surface area contributed by atoms with Crippen molar-refractivity contribution in [2.75, 3.05) is 12.4 Å². The van der Waals surface area contributed by atoms with Crippen LogP contribution >= 0.6 is 0 Å². The number of nitrogens with one attached hydrogen (secondary N) is 2. The molecule has 0 bridgehead atoms. The van der Waals surface area contributed by atoms with Crippen LogP contribution in [0.25, 0.3) is 0 Å². The zero-order valence-corrected chi connectivity index (χ0v) is 9.17. The molecule has 2 heterocycles. The Balaban J connectivity index is 1.99. The van der Waals surface area contributed by atoms with Crippen LogP contribution < -0.4 is 10.6 Å². The second-order valence-corrected chi connectivity index (χ2v) is 3.21. The zero-order chi connectivity index (χ0) is 12.1. The first-order chi connectivity index (χ1) is 8.29. The van der Waals surface area contributed by atoms with Gasteiger partial charge in [-0.15, -0.1) is 0 Å². The van der Waals surface area contributed by atoms with Crippen molar-refractivity contribution in [3.8, 4) is 0 Å². The summed E-state index contributed by atoms with van der Waals surface area (Å²) in [6, 6.07) is 1.68. The first-order valence-electron chi connectivity index (χ1n) is 4.97. The number of carbonyl (C=O) groups is 1. The van der Waals surface area contributed by atoms with E-state index in [1.54, 1.807) is 13.1 Å². The van der Waals surface area contributed by atoms with Gasteiger partial charge in [0.2, 0.25) is 0 Å². The van der Waals surface area contributed by atoms with Gasteiger partial charge >= 0.3 is 0 Å². The van der Waals surface area contributed by atoms with Crippen molar-refractivity contribution in [2.24, 2.45) is 0 Å². The largest absolute Gasteiger partial charge is 0.372 e. The average Bonchev–Trinajstić information content (AvgIpc) is 2.89. The third kappa shape index (κ3) is 2.77. The van der Waals surface area contributed by atoms with E-state index in [1.165, 1.54) is 18.7 Å². The second kappa shape index (κ2) is 5.06. The fourth-order valence-corrected chi connectivity index (χ4v) is 1.19. The summed E-state index contributed by atoms with van der Waals surface area (Å²) in [7, 11) is 1.71. The van der Waals surface area contributed by atoms with Gasteiger partial charge in [-0.2, -0.15) is 0 Å². The molecule has 0 aromatic carbocycles. The van der Waals surface area contributed by atoms with Gasteiger partial charge in [-0.3, -0.25) is 9.78 Å². The van der Waals surface area contributed by atoms with Crippen molar-refractivity contribution >= 4 is 11.7 Å². The van der Waals surface area contributed by atoms with Crippen molar-refractivity contribution < 1.29 is 9.32 Å². The van der Waals surface area contributed by atoms with Gasteiger partial charge in [-0.1, -0.05) is 5.16 Å². The topological polar surface area (TPSA) is 92.9 Å². The van der Waals surface area contributed by atoms with Crippen LogP contribution in [0.2, 0.25) is 0 Å². The molecular formula is C10H11N5O2. The highest BCUT2D eigenvalue weighted by Gasteiger charge is 2.08. The molecule has 2 rings (SSSR count). The highest BCUT2D eigenvalue weighted by Crippen LogP contribution is 2.01. The van der Waals surface area contributed by atoms with Gasteiger partial charge in [0, 0.05) is 13.1 Å². The lowest BCUT2D eigenvalue weighted by atomic mass is 10.4. The number of hydrogen-bond acceptors (Lipinski definition) is 6. The maximum absolute atomic E-state index is 11.7. The number of anilines is 1. The van der Waals surface area contributed by atoms with Gasteiger partial charge in [0.05, 0.1) is 18.9 Å². The third-order valence-electron chi connectivity index (χ3n) is 2.04. The highest BCUT2D eigenvalue weighted by molar-refractivity contribution is 5.92. The molecule has 2 aromatic heterocycles. The molecule has 0 aliphatic rings. The summed E-state index contributed by atoms with van der Waals surface area (Å²) in [6.07, 6.45) is 4.39. The molecule has 2 N–H and O–H groups in total. The number of nitrogens with zero attached hydrogens (tertiary/aromatic N) is 3. The number of hydrogen-bond donors (Lipinski definition) is 2. The molecule has 7 heteroatoms. The lowest BCUT2D eigenvalue weighted by Crippen LogP contribution is -2.24. The average molecular weight is 233 g/mol. The quantitative estimate of drug-likeness (QED) is 0.795. The number of aromatic nitrogens is 3. The summed E-state index contributed by atoms with van der Waals surface area (Å²) in [4.78, 5) is 19.7. The van der Waals surface area contributed by atoms with Gasteiger partial charge < -0.3 is 15.2 Å². The van der Waals surface area contributed by atoms with Crippen molar-refractivity contribution in [1.82, 2.24) is 20.4 Å². The minimum absolute atomic E-state index is 0.250. The summed E-state index contributed by atoms with van der Waals surface area (Å²) in [5, 5.41) is 9.15. The molecule has 0 unspecified atom stereocenters. The Bertz CT molecular complexity index is 497. The maximum Gasteiger partial charge on any atom is 0.271 e. The molecule has 1 amide bonds. The number of carbonyl (C=O) groups excluding carboxylic acids is 1. The molecule has 0 spiro atoms. The Morgan fingerprint density at radius 3 is 3.06 bits per heavy atom. The van der Waals surface area contributed by atoms with Crippen LogP contribution in [0.15, 0.2) is 29.2 Å². The Kier molecular flexibility index (Phi) is 3.29. The minimum atomic E-state index is -0.308. The maximum atomic E-state index is 11.7. The minimum Gasteiger partial charge on any atom is -0.372 e. The SMILES string of the molecule is CNc1cncc(C(=O)NCc2ccon2)n1. The Morgan fingerprint density at radius 2 is 2.35 bits per heavy atom. The molecule has 2 aromatic rings. The lowest BCUT2D eigenvalue weighted by Gasteiger charge is -2.03. The fraction of sp³-hybridized carbons (Fsp3) is 0.200. The van der Waals surface area contributed by atoms with E-state index in [4.69, 9.17) is 0 Å². The fourth-order valence-electron chi connectivity index (χ4n) is 1.19. The van der Waals surface area contributed by atoms with Crippen LogP contribution in [0, 0.1) is 0 Å². The van der Waals surface area contributed by atoms with Crippen molar-refractivity contribution in [2.45, 2.75) is 6.54 Å². The predicted molar refractivity (Wildman–Crippen MR) is 59.3 cm³/mol. The normalized spacial score (nSPS) is 9.94. The molecule has 17 heavy (non-hydrogen) atoms. The van der Waals surface area contributed by atoms with Crippen LogP contribution in [-0.2, 0) is 6.54 Å². The van der Waals surface area contributed by atoms with Gasteiger partial charge in [0.25, 0.3) is 5.91 Å². The smallest absolute Gasteiger partial charge is 0.271 e. The Labute approximate surface area is 97.2 Å². The summed E-state index contributed by atoms with van der Waals surface area (Å²) >= 11 is 0. The van der Waals surface area contributed by atoms with Gasteiger partial charge in [0.15, 0.2) is 0 Å². The van der Waals surface area contributed by atoms with Crippen LogP contribution in [0.1, 0.15) is 16.2 Å². The van der Waals surface area contributed by atoms with E-state index in [1.807, 2.05) is 0 Å². The molecule has 7 nitrogen and oxygen atoms in total. The summed E-state index contributed by atoms with van der Waals surface area (Å²) in [6.45, 7) is 0.292. The molecule has 0 radical (unpaired) electrons. The molecule has 0 aliphatic carbocycles. The van der Waals surface area contributed by atoms with Gasteiger partial charge in [-0.25, -0.2) is 4.98 Å². The number of rotatable bonds is 4. The van der Waals surface area contributed by atoms with Crippen LogP contribution in [0.4, 0.5) is 5.82 Å². The zero-order valence-electron chi connectivity index (χ0n) is 9.17. The molecule has 0 saturated carbocycles. The molecule has 0 aliphatic heterocycles. The van der Waals surface area contributed by atoms with E-state index < -0.39 is 0 Å². The van der Waals surface area contributed by atoms with E-state index in [0.29, 0.717) is 18.1 Å².